The summed E-state index contributed by atoms with van der Waals surface area (Å²) in [6.07, 6.45) is 0. The van der Waals surface area contributed by atoms with E-state index in [4.69, 9.17) is 11.6 Å². The molecule has 0 bridgehead atoms. The summed E-state index contributed by atoms with van der Waals surface area (Å²) in [6.45, 7) is 0. The first kappa shape index (κ1) is 10.5. The molecule has 72 valence electrons. The van der Waals surface area contributed by atoms with Gasteiger partial charge in [-0.1, -0.05) is 41.9 Å². The van der Waals surface area contributed by atoms with Gasteiger partial charge in [0.25, 0.3) is 10.1 Å². The molecule has 0 spiro atoms. The van der Waals surface area contributed by atoms with E-state index in [1.165, 1.54) is 0 Å². The molecule has 1 rings (SSSR count). The smallest absolute Gasteiger partial charge is 0.254 e. The Labute approximate surface area is 82.4 Å². The van der Waals surface area contributed by atoms with Crippen LogP contribution in [0.1, 0.15) is 5.56 Å². The predicted octanol–water partition coefficient (Wildman–Crippen LogP) is 1.73. The van der Waals surface area contributed by atoms with Gasteiger partial charge in [-0.15, -0.1) is 0 Å². The van der Waals surface area contributed by atoms with E-state index in [0.29, 0.717) is 5.56 Å². The van der Waals surface area contributed by atoms with Crippen LogP contribution in [-0.4, -0.2) is 14.5 Å². The van der Waals surface area contributed by atoms with Gasteiger partial charge in [0, 0.05) is 0 Å². The lowest BCUT2D eigenvalue weighted by Crippen LogP contribution is -2.07. The molecule has 0 fully saturated rings. The fourth-order valence-corrected chi connectivity index (χ4v) is 2.11. The Hall–Kier alpha value is -0.580. The van der Waals surface area contributed by atoms with E-state index >= 15 is 0 Å². The third-order valence-corrected chi connectivity index (χ3v) is 2.81. The lowest BCUT2D eigenvalue weighted by molar-refractivity contribution is 0.376. The molecule has 0 saturated heterocycles. The van der Waals surface area contributed by atoms with Crippen molar-refractivity contribution in [3.8, 4) is 0 Å². The summed E-state index contributed by atoms with van der Waals surface area (Å²) in [6, 6.07) is 8.45. The highest BCUT2D eigenvalue weighted by atomic mass is 35.5. The number of benzene rings is 1. The zero-order valence-electron chi connectivity index (χ0n) is 6.81. The molecule has 1 aromatic carbocycles. The van der Waals surface area contributed by atoms with Crippen molar-refractivity contribution in [3.63, 3.8) is 0 Å². The second-order valence-corrected chi connectivity index (χ2v) is 4.27. The minimum Gasteiger partial charge on any atom is -0.254 e. The van der Waals surface area contributed by atoms with Crippen LogP contribution in [0.25, 0.3) is 0 Å². The summed E-state index contributed by atoms with van der Waals surface area (Å²) < 4.78 is 26.6. The van der Waals surface area contributed by atoms with Crippen LogP contribution in [0.15, 0.2) is 30.3 Å². The Morgan fingerprint density at radius 2 is 1.85 bits per heavy atom. The third kappa shape index (κ3) is 3.76. The number of alkyl halides is 1. The van der Waals surface area contributed by atoms with Crippen LogP contribution in [0.3, 0.4) is 0 Å². The van der Waals surface area contributed by atoms with Gasteiger partial charge in [0.1, 0.15) is 11.8 Å². The van der Waals surface area contributed by atoms with Crippen LogP contribution in [0.2, 0.25) is 0 Å². The van der Waals surface area contributed by atoms with Crippen molar-refractivity contribution in [3.05, 3.63) is 35.9 Å². The van der Waals surface area contributed by atoms with Crippen LogP contribution >= 0.6 is 11.6 Å². The molecule has 0 aliphatic carbocycles. The maximum Gasteiger partial charge on any atom is 0.272 e. The van der Waals surface area contributed by atoms with Gasteiger partial charge in [0.15, 0.2) is 0 Å². The molecule has 0 amide bonds. The molecule has 0 saturated carbocycles. The topological polar surface area (TPSA) is 43.4 Å². The highest BCUT2D eigenvalue weighted by Crippen LogP contribution is 2.07. The Bertz CT molecular complexity index is 347. The summed E-state index contributed by atoms with van der Waals surface area (Å²) in [4.78, 5) is 0. The Morgan fingerprint density at radius 3 is 2.38 bits per heavy atom. The van der Waals surface area contributed by atoms with Crippen molar-refractivity contribution in [2.24, 2.45) is 0 Å². The maximum absolute atomic E-state index is 11.1. The Morgan fingerprint density at radius 1 is 1.23 bits per heavy atom. The summed E-state index contributed by atoms with van der Waals surface area (Å²) in [5.41, 5.74) is 0.688. The molecule has 1 aromatic rings. The first-order chi connectivity index (χ1) is 6.14. The van der Waals surface area contributed by atoms with Gasteiger partial charge in [-0.05, 0) is 5.56 Å². The Balaban J connectivity index is 2.70. The van der Waals surface area contributed by atoms with Gasteiger partial charge in [-0.2, -0.15) is 8.42 Å². The van der Waals surface area contributed by atoms with E-state index in [9.17, 15) is 8.42 Å². The van der Waals surface area contributed by atoms with Crippen LogP contribution in [-0.2, 0) is 20.1 Å². The SMILES string of the molecule is O=S(=O)(Cc1ccccc1)OCCl. The quantitative estimate of drug-likeness (QED) is 0.573. The van der Waals surface area contributed by atoms with Gasteiger partial charge in [-0.25, -0.2) is 0 Å². The minimum atomic E-state index is -3.52. The van der Waals surface area contributed by atoms with Crippen LogP contribution in [0.5, 0.6) is 0 Å². The molecular formula is C8H9ClO3S. The molecule has 13 heavy (non-hydrogen) atoms. The number of rotatable bonds is 4. The highest BCUT2D eigenvalue weighted by Gasteiger charge is 2.10. The van der Waals surface area contributed by atoms with E-state index in [-0.39, 0.29) is 11.8 Å². The zero-order valence-corrected chi connectivity index (χ0v) is 8.38. The fraction of sp³-hybridized carbons (Fsp3) is 0.250. The minimum absolute atomic E-state index is 0.138. The largest absolute Gasteiger partial charge is 0.272 e. The lowest BCUT2D eigenvalue weighted by atomic mass is 10.2. The van der Waals surface area contributed by atoms with E-state index in [0.717, 1.165) is 0 Å². The molecule has 0 unspecified atom stereocenters. The molecule has 0 aliphatic heterocycles. The second-order valence-electron chi connectivity index (χ2n) is 2.41. The zero-order chi connectivity index (χ0) is 9.73. The number of hydrogen-bond donors (Lipinski definition) is 0. The monoisotopic (exact) mass is 220 g/mol. The van der Waals surface area contributed by atoms with E-state index in [1.54, 1.807) is 24.3 Å². The van der Waals surface area contributed by atoms with Crippen LogP contribution < -0.4 is 0 Å². The van der Waals surface area contributed by atoms with Crippen molar-refractivity contribution in [1.29, 1.82) is 0 Å². The molecule has 0 radical (unpaired) electrons. The van der Waals surface area contributed by atoms with Gasteiger partial charge in [0.2, 0.25) is 0 Å². The summed E-state index contributed by atoms with van der Waals surface area (Å²) in [5.74, 6) is -0.138. The van der Waals surface area contributed by atoms with Gasteiger partial charge < -0.3 is 0 Å². The molecule has 0 aromatic heterocycles. The summed E-state index contributed by atoms with van der Waals surface area (Å²) in [7, 11) is -3.52. The molecule has 0 heterocycles. The standard InChI is InChI=1S/C8H9ClO3S/c9-7-12-13(10,11)6-8-4-2-1-3-5-8/h1-5H,6-7H2. The van der Waals surface area contributed by atoms with E-state index in [2.05, 4.69) is 4.18 Å². The molecule has 0 aliphatic rings. The average Bonchev–Trinajstić information content (AvgIpc) is 2.04. The molecule has 3 nitrogen and oxygen atoms in total. The first-order valence-corrected chi connectivity index (χ1v) is 5.72. The van der Waals surface area contributed by atoms with Gasteiger partial charge in [-0.3, -0.25) is 4.18 Å². The van der Waals surface area contributed by atoms with Crippen LogP contribution in [0.4, 0.5) is 0 Å². The molecular weight excluding hydrogens is 212 g/mol. The van der Waals surface area contributed by atoms with Gasteiger partial charge in [0.05, 0.1) is 0 Å². The number of halogens is 1. The molecule has 0 atom stereocenters. The Kier molecular flexibility index (Phi) is 3.71. The highest BCUT2D eigenvalue weighted by molar-refractivity contribution is 7.85. The van der Waals surface area contributed by atoms with E-state index < -0.39 is 10.1 Å². The lowest BCUT2D eigenvalue weighted by Gasteiger charge is -2.01. The van der Waals surface area contributed by atoms with Crippen molar-refractivity contribution >= 4 is 21.7 Å². The van der Waals surface area contributed by atoms with Crippen molar-refractivity contribution < 1.29 is 12.6 Å². The van der Waals surface area contributed by atoms with Crippen molar-refractivity contribution in [1.82, 2.24) is 0 Å². The first-order valence-electron chi connectivity index (χ1n) is 3.61. The van der Waals surface area contributed by atoms with E-state index in [1.807, 2.05) is 6.07 Å². The van der Waals surface area contributed by atoms with Crippen molar-refractivity contribution in [2.75, 3.05) is 6.07 Å². The molecule has 0 N–H and O–H groups in total. The summed E-state index contributed by atoms with van der Waals surface area (Å²) in [5, 5.41) is 0. The predicted molar refractivity (Wildman–Crippen MR) is 50.9 cm³/mol. The number of hydrogen-bond acceptors (Lipinski definition) is 3. The molecule has 5 heteroatoms. The second kappa shape index (κ2) is 4.60. The van der Waals surface area contributed by atoms with Crippen molar-refractivity contribution in [2.45, 2.75) is 5.75 Å². The maximum atomic E-state index is 11.1. The average molecular weight is 221 g/mol. The van der Waals surface area contributed by atoms with Gasteiger partial charge >= 0.3 is 0 Å². The normalized spacial score (nSPS) is 11.5. The fourth-order valence-electron chi connectivity index (χ4n) is 0.888. The third-order valence-electron chi connectivity index (χ3n) is 1.41. The summed E-state index contributed by atoms with van der Waals surface area (Å²) >= 11 is 5.15. The van der Waals surface area contributed by atoms with Crippen LogP contribution in [0, 0.1) is 0 Å².